The Bertz CT molecular complexity index is 221. The molecule has 1 heterocycles. The van der Waals surface area contributed by atoms with Crippen molar-refractivity contribution in [2.24, 2.45) is 0 Å². The van der Waals surface area contributed by atoms with Gasteiger partial charge in [0.1, 0.15) is 6.33 Å². The Balaban J connectivity index is 2.50. The van der Waals surface area contributed by atoms with Crippen LogP contribution in [-0.2, 0) is 4.74 Å². The molecule has 0 fully saturated rings. The summed E-state index contributed by atoms with van der Waals surface area (Å²) in [6, 6.07) is 1.82. The SMILES string of the molecule is CCO/C=C/c1ccncn1. The first-order chi connectivity index (χ1) is 5.43. The third-order valence-electron chi connectivity index (χ3n) is 1.11. The smallest absolute Gasteiger partial charge is 0.115 e. The van der Waals surface area contributed by atoms with Gasteiger partial charge < -0.3 is 4.74 Å². The summed E-state index contributed by atoms with van der Waals surface area (Å²) in [6.45, 7) is 2.62. The molecule has 0 saturated carbocycles. The summed E-state index contributed by atoms with van der Waals surface area (Å²) < 4.78 is 5.00. The molecule has 0 amide bonds. The number of nitrogens with zero attached hydrogens (tertiary/aromatic N) is 2. The molecule has 0 N–H and O–H groups in total. The minimum absolute atomic E-state index is 0.682. The summed E-state index contributed by atoms with van der Waals surface area (Å²) in [5, 5.41) is 0. The summed E-state index contributed by atoms with van der Waals surface area (Å²) in [5.41, 5.74) is 0.855. The first kappa shape index (κ1) is 7.72. The molecule has 58 valence electrons. The molecule has 0 aromatic carbocycles. The zero-order chi connectivity index (χ0) is 7.94. The van der Waals surface area contributed by atoms with Crippen LogP contribution < -0.4 is 0 Å². The van der Waals surface area contributed by atoms with Gasteiger partial charge in [0.15, 0.2) is 0 Å². The van der Waals surface area contributed by atoms with E-state index in [9.17, 15) is 0 Å². The summed E-state index contributed by atoms with van der Waals surface area (Å²) in [5.74, 6) is 0. The number of rotatable bonds is 3. The van der Waals surface area contributed by atoms with E-state index in [-0.39, 0.29) is 0 Å². The maximum Gasteiger partial charge on any atom is 0.115 e. The molecule has 0 spiro atoms. The summed E-state index contributed by atoms with van der Waals surface area (Å²) >= 11 is 0. The highest BCUT2D eigenvalue weighted by atomic mass is 16.5. The van der Waals surface area contributed by atoms with Crippen LogP contribution in [0.1, 0.15) is 12.6 Å². The fourth-order valence-electron chi connectivity index (χ4n) is 0.614. The van der Waals surface area contributed by atoms with Crippen molar-refractivity contribution in [3.05, 3.63) is 30.5 Å². The molecule has 1 aromatic heterocycles. The van der Waals surface area contributed by atoms with E-state index in [4.69, 9.17) is 4.74 Å². The summed E-state index contributed by atoms with van der Waals surface area (Å²) in [6.07, 6.45) is 6.62. The second kappa shape index (κ2) is 4.44. The Morgan fingerprint density at radius 3 is 3.18 bits per heavy atom. The van der Waals surface area contributed by atoms with E-state index in [0.29, 0.717) is 6.61 Å². The van der Waals surface area contributed by atoms with Crippen molar-refractivity contribution >= 4 is 6.08 Å². The average molecular weight is 150 g/mol. The fourth-order valence-corrected chi connectivity index (χ4v) is 0.614. The topological polar surface area (TPSA) is 35.0 Å². The molecule has 11 heavy (non-hydrogen) atoms. The van der Waals surface area contributed by atoms with E-state index in [0.717, 1.165) is 5.69 Å². The van der Waals surface area contributed by atoms with Crippen molar-refractivity contribution in [1.29, 1.82) is 0 Å². The minimum Gasteiger partial charge on any atom is -0.501 e. The van der Waals surface area contributed by atoms with Crippen LogP contribution in [0, 0.1) is 0 Å². The van der Waals surface area contributed by atoms with E-state index in [1.807, 2.05) is 13.0 Å². The molecule has 1 aromatic rings. The molecule has 3 heteroatoms. The van der Waals surface area contributed by atoms with Gasteiger partial charge in [-0.2, -0.15) is 0 Å². The molecule has 3 nitrogen and oxygen atoms in total. The van der Waals surface area contributed by atoms with Gasteiger partial charge in [-0.25, -0.2) is 9.97 Å². The van der Waals surface area contributed by atoms with Crippen LogP contribution >= 0.6 is 0 Å². The Morgan fingerprint density at radius 2 is 2.55 bits per heavy atom. The molecule has 0 unspecified atom stereocenters. The van der Waals surface area contributed by atoms with Crippen LogP contribution in [0.25, 0.3) is 6.08 Å². The van der Waals surface area contributed by atoms with Crippen LogP contribution in [0.5, 0.6) is 0 Å². The lowest BCUT2D eigenvalue weighted by molar-refractivity contribution is 0.272. The number of aromatic nitrogens is 2. The second-order valence-corrected chi connectivity index (χ2v) is 1.89. The van der Waals surface area contributed by atoms with Crippen LogP contribution in [0.4, 0.5) is 0 Å². The second-order valence-electron chi connectivity index (χ2n) is 1.89. The maximum absolute atomic E-state index is 5.00. The molecular formula is C8H10N2O. The number of hydrogen-bond acceptors (Lipinski definition) is 3. The molecule has 0 aliphatic carbocycles. The Kier molecular flexibility index (Phi) is 3.12. The molecular weight excluding hydrogens is 140 g/mol. The van der Waals surface area contributed by atoms with Gasteiger partial charge >= 0.3 is 0 Å². The Morgan fingerprint density at radius 1 is 1.64 bits per heavy atom. The van der Waals surface area contributed by atoms with Crippen molar-refractivity contribution in [1.82, 2.24) is 9.97 Å². The van der Waals surface area contributed by atoms with Crippen LogP contribution in [0.3, 0.4) is 0 Å². The van der Waals surface area contributed by atoms with Gasteiger partial charge in [-0.1, -0.05) is 0 Å². The normalized spacial score (nSPS) is 10.3. The predicted octanol–water partition coefficient (Wildman–Crippen LogP) is 1.48. The Hall–Kier alpha value is -1.38. The number of ether oxygens (including phenoxy) is 1. The molecule has 0 radical (unpaired) electrons. The van der Waals surface area contributed by atoms with Gasteiger partial charge in [-0.15, -0.1) is 0 Å². The lowest BCUT2D eigenvalue weighted by Gasteiger charge is -1.91. The van der Waals surface area contributed by atoms with Gasteiger partial charge in [-0.05, 0) is 19.1 Å². The maximum atomic E-state index is 5.00. The van der Waals surface area contributed by atoms with Crippen LogP contribution in [0.2, 0.25) is 0 Å². The van der Waals surface area contributed by atoms with Crippen LogP contribution in [0.15, 0.2) is 24.9 Å². The van der Waals surface area contributed by atoms with Crippen LogP contribution in [-0.4, -0.2) is 16.6 Å². The lowest BCUT2D eigenvalue weighted by Crippen LogP contribution is -1.81. The minimum atomic E-state index is 0.682. The first-order valence-electron chi connectivity index (χ1n) is 3.47. The van der Waals surface area contributed by atoms with Crippen molar-refractivity contribution in [3.8, 4) is 0 Å². The first-order valence-corrected chi connectivity index (χ1v) is 3.47. The highest BCUT2D eigenvalue weighted by molar-refractivity contribution is 5.41. The van der Waals surface area contributed by atoms with Gasteiger partial charge in [0, 0.05) is 6.20 Å². The van der Waals surface area contributed by atoms with E-state index >= 15 is 0 Å². The largest absolute Gasteiger partial charge is 0.501 e. The Labute approximate surface area is 65.8 Å². The van der Waals surface area contributed by atoms with E-state index in [1.165, 1.54) is 6.33 Å². The summed E-state index contributed by atoms with van der Waals surface area (Å²) in [4.78, 5) is 7.76. The molecule has 0 atom stereocenters. The van der Waals surface area contributed by atoms with Gasteiger partial charge in [-0.3, -0.25) is 0 Å². The zero-order valence-electron chi connectivity index (χ0n) is 6.40. The molecule has 0 bridgehead atoms. The highest BCUT2D eigenvalue weighted by Crippen LogP contribution is 1.93. The molecule has 0 aliphatic rings. The van der Waals surface area contributed by atoms with Gasteiger partial charge in [0.25, 0.3) is 0 Å². The monoisotopic (exact) mass is 150 g/mol. The third-order valence-corrected chi connectivity index (χ3v) is 1.11. The van der Waals surface area contributed by atoms with E-state index < -0.39 is 0 Å². The van der Waals surface area contributed by atoms with Gasteiger partial charge in [0.2, 0.25) is 0 Å². The van der Waals surface area contributed by atoms with E-state index in [1.54, 1.807) is 18.5 Å². The van der Waals surface area contributed by atoms with Crippen molar-refractivity contribution in [2.45, 2.75) is 6.92 Å². The van der Waals surface area contributed by atoms with Crippen molar-refractivity contribution in [2.75, 3.05) is 6.61 Å². The van der Waals surface area contributed by atoms with Gasteiger partial charge in [0.05, 0.1) is 18.6 Å². The number of hydrogen-bond donors (Lipinski definition) is 0. The molecule has 1 rings (SSSR count). The standard InChI is InChI=1S/C8H10N2O/c1-2-11-6-4-8-3-5-9-7-10-8/h3-7H,2H2,1H3/b6-4+. The molecule has 0 saturated heterocycles. The summed E-state index contributed by atoms with van der Waals surface area (Å²) in [7, 11) is 0. The molecule has 0 aliphatic heterocycles. The van der Waals surface area contributed by atoms with Crippen molar-refractivity contribution < 1.29 is 4.74 Å². The predicted molar refractivity (Wildman–Crippen MR) is 42.7 cm³/mol. The average Bonchev–Trinajstić information content (AvgIpc) is 2.07. The fraction of sp³-hybridized carbons (Fsp3) is 0.250. The zero-order valence-corrected chi connectivity index (χ0v) is 6.40. The van der Waals surface area contributed by atoms with E-state index in [2.05, 4.69) is 9.97 Å². The quantitative estimate of drug-likeness (QED) is 0.612. The highest BCUT2D eigenvalue weighted by Gasteiger charge is 1.82. The third kappa shape index (κ3) is 2.80. The van der Waals surface area contributed by atoms with Crippen molar-refractivity contribution in [3.63, 3.8) is 0 Å². The lowest BCUT2D eigenvalue weighted by atomic mass is 10.4.